The third-order valence-electron chi connectivity index (χ3n) is 2.61. The zero-order valence-corrected chi connectivity index (χ0v) is 12.1. The minimum Gasteiger partial charge on any atom is -0.298 e. The van der Waals surface area contributed by atoms with Crippen LogP contribution in [0.3, 0.4) is 0 Å². The molecule has 0 aliphatic heterocycles. The lowest BCUT2D eigenvalue weighted by Crippen LogP contribution is -1.97. The van der Waals surface area contributed by atoms with Crippen LogP contribution < -0.4 is 0 Å². The van der Waals surface area contributed by atoms with Crippen LogP contribution in [0.5, 0.6) is 0 Å². The van der Waals surface area contributed by atoms with Crippen LogP contribution in [0, 0.1) is 0 Å². The summed E-state index contributed by atoms with van der Waals surface area (Å²) in [6.45, 7) is 0. The smallest absolute Gasteiger partial charge is 0.153 e. The second-order valence-electron chi connectivity index (χ2n) is 3.84. The molecule has 4 nitrogen and oxygen atoms in total. The molecular formula is C13H8BrN3OS. The van der Waals surface area contributed by atoms with Crippen LogP contribution >= 0.6 is 27.3 Å². The molecule has 0 unspecified atom stereocenters. The van der Waals surface area contributed by atoms with E-state index < -0.39 is 0 Å². The first kappa shape index (κ1) is 12.3. The van der Waals surface area contributed by atoms with Gasteiger partial charge in [0.1, 0.15) is 5.69 Å². The van der Waals surface area contributed by atoms with Crippen LogP contribution in [0.1, 0.15) is 10.4 Å². The molecule has 0 N–H and O–H groups in total. The number of thiophene rings is 1. The third-order valence-corrected chi connectivity index (χ3v) is 3.76. The van der Waals surface area contributed by atoms with Crippen molar-refractivity contribution in [3.8, 4) is 17.1 Å². The lowest BCUT2D eigenvalue weighted by Gasteiger charge is -1.99. The fraction of sp³-hybridized carbons (Fsp3) is 0. The Balaban J connectivity index is 2.09. The highest BCUT2D eigenvalue weighted by Crippen LogP contribution is 2.24. The van der Waals surface area contributed by atoms with Crippen molar-refractivity contribution in [2.75, 3.05) is 0 Å². The van der Waals surface area contributed by atoms with Crippen LogP contribution in [0.2, 0.25) is 0 Å². The standard InChI is InChI=1S/C13H8BrN3OS/c14-11-1-2-12(15-5-11)17-6-10(7-18)13(16-17)9-3-4-19-8-9/h1-8H. The second-order valence-corrected chi connectivity index (χ2v) is 5.54. The van der Waals surface area contributed by atoms with Gasteiger partial charge in [0.25, 0.3) is 0 Å². The van der Waals surface area contributed by atoms with Crippen molar-refractivity contribution >= 4 is 33.6 Å². The summed E-state index contributed by atoms with van der Waals surface area (Å²) in [6.07, 6.45) is 4.20. The maximum absolute atomic E-state index is 11.1. The highest BCUT2D eigenvalue weighted by molar-refractivity contribution is 9.10. The van der Waals surface area contributed by atoms with E-state index in [1.807, 2.05) is 29.0 Å². The van der Waals surface area contributed by atoms with Crippen molar-refractivity contribution in [3.63, 3.8) is 0 Å². The predicted octanol–water partition coefficient (Wildman–Crippen LogP) is 3.57. The van der Waals surface area contributed by atoms with Gasteiger partial charge in [0.15, 0.2) is 12.1 Å². The predicted molar refractivity (Wildman–Crippen MR) is 77.8 cm³/mol. The lowest BCUT2D eigenvalue weighted by atomic mass is 10.2. The Kier molecular flexibility index (Phi) is 3.27. The Morgan fingerprint density at radius 2 is 2.21 bits per heavy atom. The number of carbonyl (C=O) groups excluding carboxylic acids is 1. The molecule has 3 aromatic heterocycles. The number of nitrogens with zero attached hydrogens (tertiary/aromatic N) is 3. The summed E-state index contributed by atoms with van der Waals surface area (Å²) in [7, 11) is 0. The molecule has 6 heteroatoms. The van der Waals surface area contributed by atoms with E-state index >= 15 is 0 Å². The minimum atomic E-state index is 0.558. The first-order valence-corrected chi connectivity index (χ1v) is 7.21. The molecule has 0 aromatic carbocycles. The SMILES string of the molecule is O=Cc1cn(-c2ccc(Br)cn2)nc1-c1ccsc1. The summed E-state index contributed by atoms with van der Waals surface area (Å²) >= 11 is 4.91. The number of aldehydes is 1. The number of rotatable bonds is 3. The zero-order valence-electron chi connectivity index (χ0n) is 9.65. The molecular weight excluding hydrogens is 326 g/mol. The number of halogens is 1. The van der Waals surface area contributed by atoms with Crippen molar-refractivity contribution in [3.05, 3.63) is 51.4 Å². The summed E-state index contributed by atoms with van der Waals surface area (Å²) < 4.78 is 2.51. The zero-order chi connectivity index (χ0) is 13.2. The van der Waals surface area contributed by atoms with Gasteiger partial charge in [-0.1, -0.05) is 0 Å². The normalized spacial score (nSPS) is 10.6. The largest absolute Gasteiger partial charge is 0.298 e. The highest BCUT2D eigenvalue weighted by Gasteiger charge is 2.12. The van der Waals surface area contributed by atoms with Crippen molar-refractivity contribution in [2.45, 2.75) is 0 Å². The fourth-order valence-electron chi connectivity index (χ4n) is 1.72. The van der Waals surface area contributed by atoms with Gasteiger partial charge in [-0.2, -0.15) is 16.4 Å². The van der Waals surface area contributed by atoms with E-state index in [1.54, 1.807) is 28.4 Å². The van der Waals surface area contributed by atoms with E-state index in [0.29, 0.717) is 17.1 Å². The molecule has 0 amide bonds. The summed E-state index contributed by atoms with van der Waals surface area (Å²) in [5.74, 6) is 0.674. The maximum atomic E-state index is 11.1. The van der Waals surface area contributed by atoms with Gasteiger partial charge < -0.3 is 0 Å². The highest BCUT2D eigenvalue weighted by atomic mass is 79.9. The van der Waals surface area contributed by atoms with Crippen LogP contribution in [0.25, 0.3) is 17.1 Å². The van der Waals surface area contributed by atoms with E-state index in [1.165, 1.54) is 0 Å². The van der Waals surface area contributed by atoms with Gasteiger partial charge in [-0.05, 0) is 39.5 Å². The van der Waals surface area contributed by atoms with Gasteiger partial charge in [0.05, 0.1) is 5.56 Å². The molecule has 0 saturated heterocycles. The van der Waals surface area contributed by atoms with E-state index in [-0.39, 0.29) is 0 Å². The fourth-order valence-corrected chi connectivity index (χ4v) is 2.59. The second kappa shape index (κ2) is 5.07. The molecule has 3 rings (SSSR count). The summed E-state index contributed by atoms with van der Waals surface area (Å²) in [5.41, 5.74) is 2.19. The first-order valence-electron chi connectivity index (χ1n) is 5.47. The number of hydrogen-bond donors (Lipinski definition) is 0. The van der Waals surface area contributed by atoms with Crippen LogP contribution in [-0.4, -0.2) is 21.1 Å². The van der Waals surface area contributed by atoms with E-state index in [0.717, 1.165) is 16.3 Å². The molecule has 0 spiro atoms. The molecule has 0 atom stereocenters. The monoisotopic (exact) mass is 333 g/mol. The Hall–Kier alpha value is -1.79. The van der Waals surface area contributed by atoms with Gasteiger partial charge in [0, 0.05) is 27.8 Å². The summed E-state index contributed by atoms with van der Waals surface area (Å²) in [4.78, 5) is 15.4. The summed E-state index contributed by atoms with van der Waals surface area (Å²) in [5, 5.41) is 8.36. The molecule has 0 saturated carbocycles. The van der Waals surface area contributed by atoms with Crippen molar-refractivity contribution < 1.29 is 4.79 Å². The quantitative estimate of drug-likeness (QED) is 0.688. The minimum absolute atomic E-state index is 0.558. The Morgan fingerprint density at radius 1 is 1.32 bits per heavy atom. The molecule has 0 aliphatic carbocycles. The number of pyridine rings is 1. The number of aromatic nitrogens is 3. The molecule has 94 valence electrons. The van der Waals surface area contributed by atoms with Crippen LogP contribution in [0.15, 0.2) is 45.8 Å². The topological polar surface area (TPSA) is 47.8 Å². The average Bonchev–Trinajstić information content (AvgIpc) is 3.08. The molecule has 0 bridgehead atoms. The van der Waals surface area contributed by atoms with Gasteiger partial charge >= 0.3 is 0 Å². The van der Waals surface area contributed by atoms with E-state index in [9.17, 15) is 4.79 Å². The van der Waals surface area contributed by atoms with Crippen LogP contribution in [0.4, 0.5) is 0 Å². The number of carbonyl (C=O) groups is 1. The molecule has 0 aliphatic rings. The van der Waals surface area contributed by atoms with Gasteiger partial charge in [-0.3, -0.25) is 4.79 Å². The van der Waals surface area contributed by atoms with E-state index in [4.69, 9.17) is 0 Å². The summed E-state index contributed by atoms with van der Waals surface area (Å²) in [6, 6.07) is 5.66. The van der Waals surface area contributed by atoms with Gasteiger partial charge in [-0.25, -0.2) is 9.67 Å². The van der Waals surface area contributed by atoms with E-state index in [2.05, 4.69) is 26.0 Å². The van der Waals surface area contributed by atoms with Gasteiger partial charge in [-0.15, -0.1) is 0 Å². The van der Waals surface area contributed by atoms with Crippen LogP contribution in [-0.2, 0) is 0 Å². The molecule has 3 heterocycles. The molecule has 19 heavy (non-hydrogen) atoms. The van der Waals surface area contributed by atoms with Gasteiger partial charge in [0.2, 0.25) is 0 Å². The molecule has 0 radical (unpaired) electrons. The lowest BCUT2D eigenvalue weighted by molar-refractivity contribution is 0.112. The number of hydrogen-bond acceptors (Lipinski definition) is 4. The third kappa shape index (κ3) is 2.36. The Labute approximate surface area is 121 Å². The first-order chi connectivity index (χ1) is 9.28. The maximum Gasteiger partial charge on any atom is 0.153 e. The Morgan fingerprint density at radius 3 is 2.84 bits per heavy atom. The Bertz CT molecular complexity index is 704. The molecule has 0 fully saturated rings. The van der Waals surface area contributed by atoms with Crippen molar-refractivity contribution in [2.24, 2.45) is 0 Å². The van der Waals surface area contributed by atoms with Crippen molar-refractivity contribution in [1.29, 1.82) is 0 Å². The average molecular weight is 334 g/mol. The van der Waals surface area contributed by atoms with Crippen molar-refractivity contribution in [1.82, 2.24) is 14.8 Å². The molecule has 3 aromatic rings.